The van der Waals surface area contributed by atoms with E-state index in [1.165, 1.54) is 7.11 Å². The minimum Gasteiger partial charge on any atom is -0.491 e. The Morgan fingerprint density at radius 3 is 2.35 bits per heavy atom. The molecule has 0 fully saturated rings. The largest absolute Gasteiger partial charge is 0.491 e. The Morgan fingerprint density at radius 1 is 1.29 bits per heavy atom. The molecule has 4 nitrogen and oxygen atoms in total. The van der Waals surface area contributed by atoms with Gasteiger partial charge in [-0.3, -0.25) is 4.79 Å². The van der Waals surface area contributed by atoms with Crippen LogP contribution >= 0.6 is 0 Å². The number of carbonyl (C=O) groups excluding carboxylic acids is 1. The highest BCUT2D eigenvalue weighted by atomic mass is 16.5. The van der Waals surface area contributed by atoms with Crippen LogP contribution in [-0.4, -0.2) is 19.2 Å². The lowest BCUT2D eigenvalue weighted by atomic mass is 10.0. The molecule has 0 aromatic heterocycles. The quantitative estimate of drug-likeness (QED) is 0.796. The summed E-state index contributed by atoms with van der Waals surface area (Å²) in [4.78, 5) is 11.1. The van der Waals surface area contributed by atoms with E-state index in [1.54, 1.807) is 0 Å². The summed E-state index contributed by atoms with van der Waals surface area (Å²) in [5.74, 6) is 0.494. The molecule has 0 amide bonds. The molecule has 94 valence electrons. The molecule has 1 aromatic carbocycles. The summed E-state index contributed by atoms with van der Waals surface area (Å²) in [5, 5.41) is 0. The second-order valence-electron chi connectivity index (χ2n) is 4.12. The number of nitrogens with two attached hydrogens (primary N) is 1. The van der Waals surface area contributed by atoms with Crippen LogP contribution in [0.4, 0.5) is 0 Å². The van der Waals surface area contributed by atoms with Crippen LogP contribution in [0.15, 0.2) is 24.3 Å². The first-order valence-electron chi connectivity index (χ1n) is 5.62. The summed E-state index contributed by atoms with van der Waals surface area (Å²) in [5.41, 5.74) is 6.78. The second-order valence-corrected chi connectivity index (χ2v) is 4.12. The van der Waals surface area contributed by atoms with Crippen molar-refractivity contribution in [3.63, 3.8) is 0 Å². The van der Waals surface area contributed by atoms with Crippen LogP contribution in [0.25, 0.3) is 0 Å². The maximum absolute atomic E-state index is 11.1. The molecule has 0 aliphatic rings. The van der Waals surface area contributed by atoms with Crippen LogP contribution in [0, 0.1) is 0 Å². The minimum absolute atomic E-state index is 0.143. The highest BCUT2D eigenvalue weighted by molar-refractivity contribution is 5.70. The molecule has 4 heteroatoms. The van der Waals surface area contributed by atoms with Gasteiger partial charge in [0.25, 0.3) is 0 Å². The molecule has 2 N–H and O–H groups in total. The molecule has 0 spiro atoms. The van der Waals surface area contributed by atoms with Crippen molar-refractivity contribution in [1.82, 2.24) is 0 Å². The lowest BCUT2D eigenvalue weighted by molar-refractivity contribution is -0.141. The van der Waals surface area contributed by atoms with Gasteiger partial charge in [0, 0.05) is 6.04 Å². The van der Waals surface area contributed by atoms with Crippen molar-refractivity contribution >= 4 is 5.97 Å². The van der Waals surface area contributed by atoms with Crippen molar-refractivity contribution in [2.45, 2.75) is 32.4 Å². The van der Waals surface area contributed by atoms with Gasteiger partial charge in [-0.2, -0.15) is 0 Å². The van der Waals surface area contributed by atoms with E-state index in [9.17, 15) is 4.79 Å². The normalized spacial score (nSPS) is 12.3. The predicted octanol–water partition coefficient (Wildman–Crippen LogP) is 2.04. The van der Waals surface area contributed by atoms with E-state index in [2.05, 4.69) is 4.74 Å². The van der Waals surface area contributed by atoms with Gasteiger partial charge < -0.3 is 15.2 Å². The Hall–Kier alpha value is -1.55. The van der Waals surface area contributed by atoms with Crippen LogP contribution in [0.2, 0.25) is 0 Å². The third-order valence-electron chi connectivity index (χ3n) is 2.29. The van der Waals surface area contributed by atoms with Gasteiger partial charge in [0.1, 0.15) is 5.75 Å². The summed E-state index contributed by atoms with van der Waals surface area (Å²) in [6.07, 6.45) is 0.325. The number of esters is 1. The highest BCUT2D eigenvalue weighted by Gasteiger charge is 2.11. The number of hydrogen-bond acceptors (Lipinski definition) is 4. The summed E-state index contributed by atoms with van der Waals surface area (Å²) < 4.78 is 10.1. The molecule has 0 saturated heterocycles. The summed E-state index contributed by atoms with van der Waals surface area (Å²) >= 11 is 0. The Labute approximate surface area is 102 Å². The second kappa shape index (κ2) is 6.25. The maximum Gasteiger partial charge on any atom is 0.307 e. The molecule has 1 rings (SSSR count). The van der Waals surface area contributed by atoms with E-state index in [0.717, 1.165) is 11.3 Å². The first-order chi connectivity index (χ1) is 8.02. The molecule has 0 heterocycles. The number of carbonyl (C=O) groups is 1. The van der Waals surface area contributed by atoms with E-state index >= 15 is 0 Å². The fourth-order valence-corrected chi connectivity index (χ4v) is 1.45. The minimum atomic E-state index is -0.337. The van der Waals surface area contributed by atoms with Gasteiger partial charge in [-0.05, 0) is 31.5 Å². The van der Waals surface area contributed by atoms with Gasteiger partial charge in [-0.25, -0.2) is 0 Å². The lowest BCUT2D eigenvalue weighted by Gasteiger charge is -2.13. The zero-order chi connectivity index (χ0) is 12.8. The fraction of sp³-hybridized carbons (Fsp3) is 0.462. The molecular formula is C13H19NO3. The average molecular weight is 237 g/mol. The van der Waals surface area contributed by atoms with E-state index < -0.39 is 0 Å². The van der Waals surface area contributed by atoms with Crippen molar-refractivity contribution < 1.29 is 14.3 Å². The highest BCUT2D eigenvalue weighted by Crippen LogP contribution is 2.19. The van der Waals surface area contributed by atoms with E-state index in [-0.39, 0.29) is 24.5 Å². The van der Waals surface area contributed by atoms with Crippen molar-refractivity contribution in [3.8, 4) is 5.75 Å². The Kier molecular flexibility index (Phi) is 4.97. The Bertz CT molecular complexity index is 359. The van der Waals surface area contributed by atoms with Crippen molar-refractivity contribution in [3.05, 3.63) is 29.8 Å². The monoisotopic (exact) mass is 237 g/mol. The Morgan fingerprint density at radius 2 is 1.88 bits per heavy atom. The van der Waals surface area contributed by atoms with Gasteiger partial charge in [0.2, 0.25) is 0 Å². The molecule has 0 aliphatic heterocycles. The standard InChI is InChI=1S/C13H19NO3/c1-9(2)17-11-6-4-10(5-7-11)12(14)8-13(15)16-3/h4-7,9,12H,8,14H2,1-3H3. The van der Waals surface area contributed by atoms with E-state index in [0.29, 0.717) is 0 Å². The molecular weight excluding hydrogens is 218 g/mol. The van der Waals surface area contributed by atoms with Gasteiger partial charge in [-0.1, -0.05) is 12.1 Å². The molecule has 0 radical (unpaired) electrons. The SMILES string of the molecule is COC(=O)CC(N)c1ccc(OC(C)C)cc1. The number of benzene rings is 1. The van der Waals surface area contributed by atoms with Crippen LogP contribution < -0.4 is 10.5 Å². The first-order valence-corrected chi connectivity index (χ1v) is 5.62. The summed E-state index contributed by atoms with van der Waals surface area (Å²) in [7, 11) is 1.36. The number of ether oxygens (including phenoxy) is 2. The van der Waals surface area contributed by atoms with Gasteiger partial charge in [0.05, 0.1) is 19.6 Å². The molecule has 0 bridgehead atoms. The fourth-order valence-electron chi connectivity index (χ4n) is 1.45. The van der Waals surface area contributed by atoms with Crippen molar-refractivity contribution in [2.24, 2.45) is 5.73 Å². The van der Waals surface area contributed by atoms with Crippen LogP contribution in [0.1, 0.15) is 31.9 Å². The average Bonchev–Trinajstić information content (AvgIpc) is 2.28. The van der Waals surface area contributed by atoms with Gasteiger partial charge >= 0.3 is 5.97 Å². The third-order valence-corrected chi connectivity index (χ3v) is 2.29. The van der Waals surface area contributed by atoms with Crippen molar-refractivity contribution in [2.75, 3.05) is 7.11 Å². The zero-order valence-electron chi connectivity index (χ0n) is 10.5. The third kappa shape index (κ3) is 4.44. The number of methoxy groups -OCH3 is 1. The lowest BCUT2D eigenvalue weighted by Crippen LogP contribution is -2.16. The first kappa shape index (κ1) is 13.5. The number of rotatable bonds is 5. The predicted molar refractivity (Wildman–Crippen MR) is 65.8 cm³/mol. The molecule has 0 aliphatic carbocycles. The van der Waals surface area contributed by atoms with E-state index in [4.69, 9.17) is 10.5 Å². The summed E-state index contributed by atoms with van der Waals surface area (Å²) in [6.45, 7) is 3.94. The molecule has 0 saturated carbocycles. The smallest absolute Gasteiger partial charge is 0.307 e. The Balaban J connectivity index is 2.63. The number of hydrogen-bond donors (Lipinski definition) is 1. The molecule has 1 aromatic rings. The van der Waals surface area contributed by atoms with E-state index in [1.807, 2.05) is 38.1 Å². The van der Waals surface area contributed by atoms with Crippen LogP contribution in [0.5, 0.6) is 5.75 Å². The molecule has 1 unspecified atom stereocenters. The topological polar surface area (TPSA) is 61.5 Å². The van der Waals surface area contributed by atoms with Crippen LogP contribution in [0.3, 0.4) is 0 Å². The van der Waals surface area contributed by atoms with Crippen LogP contribution in [-0.2, 0) is 9.53 Å². The van der Waals surface area contributed by atoms with Gasteiger partial charge in [-0.15, -0.1) is 0 Å². The molecule has 1 atom stereocenters. The molecule has 17 heavy (non-hydrogen) atoms. The zero-order valence-corrected chi connectivity index (χ0v) is 10.5. The van der Waals surface area contributed by atoms with Gasteiger partial charge in [0.15, 0.2) is 0 Å². The maximum atomic E-state index is 11.1. The summed E-state index contributed by atoms with van der Waals surface area (Å²) in [6, 6.07) is 7.10. The van der Waals surface area contributed by atoms with Crippen molar-refractivity contribution in [1.29, 1.82) is 0 Å².